The summed E-state index contributed by atoms with van der Waals surface area (Å²) in [6, 6.07) is 12.6. The van der Waals surface area contributed by atoms with Crippen LogP contribution in [0.5, 0.6) is 0 Å². The summed E-state index contributed by atoms with van der Waals surface area (Å²) in [4.78, 5) is 13.3. The molecular weight excluding hydrogens is 386 g/mol. The van der Waals surface area contributed by atoms with Crippen LogP contribution in [-0.2, 0) is 16.4 Å². The molecule has 142 valence electrons. The molecule has 9 heteroatoms. The van der Waals surface area contributed by atoms with Crippen LogP contribution in [0.25, 0.3) is 0 Å². The van der Waals surface area contributed by atoms with Crippen LogP contribution in [0.3, 0.4) is 0 Å². The van der Waals surface area contributed by atoms with Crippen LogP contribution in [0.2, 0.25) is 0 Å². The molecule has 3 aromatic rings. The third-order valence-electron chi connectivity index (χ3n) is 3.80. The number of hydrogen-bond donors (Lipinski definition) is 2. The van der Waals surface area contributed by atoms with Gasteiger partial charge in [-0.1, -0.05) is 35.5 Å². The minimum absolute atomic E-state index is 0.113. The fraction of sp³-hybridized carbons (Fsp3) is 0.222. The molecule has 0 aliphatic rings. The fourth-order valence-electron chi connectivity index (χ4n) is 2.50. The molecule has 0 atom stereocenters. The molecule has 0 aliphatic carbocycles. The number of benzene rings is 1. The van der Waals surface area contributed by atoms with Crippen LogP contribution < -0.4 is 10.0 Å². The Bertz CT molecular complexity index is 1040. The number of amides is 1. The number of carbonyl (C=O) groups excluding carboxylic acids is 1. The SMILES string of the molecule is Cc1cc(NC(=O)c2cc(S(=O)(=O)NCCc3ccccc3)c(C)s2)no1. The molecule has 0 aliphatic heterocycles. The van der Waals surface area contributed by atoms with Gasteiger partial charge in [0.25, 0.3) is 5.91 Å². The topological polar surface area (TPSA) is 101 Å². The van der Waals surface area contributed by atoms with E-state index in [9.17, 15) is 13.2 Å². The molecule has 1 aromatic carbocycles. The molecule has 7 nitrogen and oxygen atoms in total. The highest BCUT2D eigenvalue weighted by Crippen LogP contribution is 2.26. The van der Waals surface area contributed by atoms with E-state index in [4.69, 9.17) is 4.52 Å². The molecule has 3 rings (SSSR count). The van der Waals surface area contributed by atoms with Gasteiger partial charge in [-0.15, -0.1) is 11.3 Å². The maximum absolute atomic E-state index is 12.6. The lowest BCUT2D eigenvalue weighted by atomic mass is 10.2. The van der Waals surface area contributed by atoms with Crippen molar-refractivity contribution in [1.29, 1.82) is 0 Å². The Hall–Kier alpha value is -2.49. The summed E-state index contributed by atoms with van der Waals surface area (Å²) < 4.78 is 32.6. The third kappa shape index (κ3) is 4.82. The van der Waals surface area contributed by atoms with Crippen molar-refractivity contribution < 1.29 is 17.7 Å². The lowest BCUT2D eigenvalue weighted by Gasteiger charge is -2.06. The van der Waals surface area contributed by atoms with E-state index < -0.39 is 15.9 Å². The van der Waals surface area contributed by atoms with Crippen LogP contribution in [0.1, 0.15) is 25.9 Å². The molecule has 2 N–H and O–H groups in total. The molecule has 0 saturated heterocycles. The molecule has 27 heavy (non-hydrogen) atoms. The Morgan fingerprint density at radius 2 is 1.93 bits per heavy atom. The summed E-state index contributed by atoms with van der Waals surface area (Å²) in [5, 5.41) is 6.28. The first-order valence-corrected chi connectivity index (χ1v) is 10.5. The molecule has 0 bridgehead atoms. The lowest BCUT2D eigenvalue weighted by Crippen LogP contribution is -2.26. The summed E-state index contributed by atoms with van der Waals surface area (Å²) in [7, 11) is -3.70. The summed E-state index contributed by atoms with van der Waals surface area (Å²) in [5.41, 5.74) is 1.05. The smallest absolute Gasteiger partial charge is 0.267 e. The first-order chi connectivity index (χ1) is 12.8. The van der Waals surface area contributed by atoms with E-state index in [0.29, 0.717) is 17.1 Å². The van der Waals surface area contributed by atoms with Crippen LogP contribution in [0, 0.1) is 13.8 Å². The van der Waals surface area contributed by atoms with Crippen molar-refractivity contribution in [3.63, 3.8) is 0 Å². The van der Waals surface area contributed by atoms with Crippen molar-refractivity contribution in [3.05, 3.63) is 63.5 Å². The molecule has 0 saturated carbocycles. The number of nitrogens with one attached hydrogen (secondary N) is 2. The number of carbonyl (C=O) groups is 1. The van der Waals surface area contributed by atoms with Gasteiger partial charge in [0.1, 0.15) is 5.76 Å². The van der Waals surface area contributed by atoms with Crippen molar-refractivity contribution in [2.24, 2.45) is 0 Å². The molecule has 0 fully saturated rings. The first-order valence-electron chi connectivity index (χ1n) is 8.24. The quantitative estimate of drug-likeness (QED) is 0.629. The van der Waals surface area contributed by atoms with Crippen molar-refractivity contribution in [3.8, 4) is 0 Å². The Kier molecular flexibility index (Phi) is 5.73. The van der Waals surface area contributed by atoms with Crippen LogP contribution >= 0.6 is 11.3 Å². The number of aromatic nitrogens is 1. The molecule has 0 unspecified atom stereocenters. The van der Waals surface area contributed by atoms with E-state index in [2.05, 4.69) is 15.2 Å². The van der Waals surface area contributed by atoms with E-state index in [1.807, 2.05) is 30.3 Å². The van der Waals surface area contributed by atoms with Gasteiger partial charge in [0.05, 0.1) is 9.77 Å². The molecule has 0 spiro atoms. The Labute approximate surface area is 161 Å². The first kappa shape index (κ1) is 19.3. The van der Waals surface area contributed by atoms with E-state index in [1.54, 1.807) is 19.9 Å². The van der Waals surface area contributed by atoms with E-state index >= 15 is 0 Å². The second-order valence-corrected chi connectivity index (χ2v) is 8.93. The van der Waals surface area contributed by atoms with Gasteiger partial charge in [-0.05, 0) is 31.9 Å². The largest absolute Gasteiger partial charge is 0.360 e. The zero-order valence-electron chi connectivity index (χ0n) is 14.9. The highest BCUT2D eigenvalue weighted by Gasteiger charge is 2.22. The molecule has 1 amide bonds. The highest BCUT2D eigenvalue weighted by molar-refractivity contribution is 7.89. The Balaban J connectivity index is 1.67. The minimum Gasteiger partial charge on any atom is -0.360 e. The third-order valence-corrected chi connectivity index (χ3v) is 6.57. The highest BCUT2D eigenvalue weighted by atomic mass is 32.2. The monoisotopic (exact) mass is 405 g/mol. The van der Waals surface area contributed by atoms with Gasteiger partial charge in [-0.2, -0.15) is 0 Å². The lowest BCUT2D eigenvalue weighted by molar-refractivity contribution is 0.102. The van der Waals surface area contributed by atoms with Gasteiger partial charge >= 0.3 is 0 Å². The average Bonchev–Trinajstić information content (AvgIpc) is 3.22. The number of nitrogens with zero attached hydrogens (tertiary/aromatic N) is 1. The van der Waals surface area contributed by atoms with Gasteiger partial charge in [0.2, 0.25) is 10.0 Å². The van der Waals surface area contributed by atoms with E-state index in [1.165, 1.54) is 6.07 Å². The van der Waals surface area contributed by atoms with Gasteiger partial charge in [-0.3, -0.25) is 4.79 Å². The average molecular weight is 406 g/mol. The molecular formula is C18H19N3O4S2. The van der Waals surface area contributed by atoms with Gasteiger partial charge in [-0.25, -0.2) is 13.1 Å². The zero-order valence-corrected chi connectivity index (χ0v) is 16.5. The number of anilines is 1. The second kappa shape index (κ2) is 8.03. The number of sulfonamides is 1. The minimum atomic E-state index is -3.70. The summed E-state index contributed by atoms with van der Waals surface area (Å²) in [6.07, 6.45) is 0.585. The number of aryl methyl sites for hydroxylation is 2. The Morgan fingerprint density at radius 1 is 1.19 bits per heavy atom. The number of hydrogen-bond acceptors (Lipinski definition) is 6. The summed E-state index contributed by atoms with van der Waals surface area (Å²) in [6.45, 7) is 3.67. The zero-order chi connectivity index (χ0) is 19.4. The van der Waals surface area contributed by atoms with Crippen molar-refractivity contribution in [2.45, 2.75) is 25.2 Å². The second-order valence-electron chi connectivity index (χ2n) is 5.94. The predicted molar refractivity (Wildman–Crippen MR) is 104 cm³/mol. The maximum atomic E-state index is 12.6. The van der Waals surface area contributed by atoms with Gasteiger partial charge < -0.3 is 9.84 Å². The van der Waals surface area contributed by atoms with Crippen LogP contribution in [0.15, 0.2) is 51.9 Å². The maximum Gasteiger partial charge on any atom is 0.267 e. The van der Waals surface area contributed by atoms with E-state index in [-0.39, 0.29) is 22.1 Å². The molecule has 2 heterocycles. The summed E-state index contributed by atoms with van der Waals surface area (Å²) in [5.74, 6) is 0.426. The van der Waals surface area contributed by atoms with Gasteiger partial charge in [0, 0.05) is 17.5 Å². The number of rotatable bonds is 7. The standard InChI is InChI=1S/C18H19N3O4S2/c1-12-10-17(21-25-12)20-18(22)15-11-16(13(2)26-15)27(23,24)19-9-8-14-6-4-3-5-7-14/h3-7,10-11,19H,8-9H2,1-2H3,(H,20,21,22). The van der Waals surface area contributed by atoms with E-state index in [0.717, 1.165) is 16.9 Å². The van der Waals surface area contributed by atoms with Crippen molar-refractivity contribution >= 4 is 33.1 Å². The normalized spacial score (nSPS) is 11.5. The van der Waals surface area contributed by atoms with Crippen molar-refractivity contribution in [2.75, 3.05) is 11.9 Å². The molecule has 0 radical (unpaired) electrons. The number of thiophene rings is 1. The van der Waals surface area contributed by atoms with Gasteiger partial charge in [0.15, 0.2) is 5.82 Å². The summed E-state index contributed by atoms with van der Waals surface area (Å²) >= 11 is 1.12. The Morgan fingerprint density at radius 3 is 2.59 bits per heavy atom. The fourth-order valence-corrected chi connectivity index (χ4v) is 5.02. The van der Waals surface area contributed by atoms with Crippen LogP contribution in [-0.4, -0.2) is 26.0 Å². The van der Waals surface area contributed by atoms with Crippen molar-refractivity contribution in [1.82, 2.24) is 9.88 Å². The molecule has 2 aromatic heterocycles. The predicted octanol–water partition coefficient (Wildman–Crippen LogP) is 3.13. The van der Waals surface area contributed by atoms with Crippen LogP contribution in [0.4, 0.5) is 5.82 Å².